The maximum atomic E-state index is 6.07. The lowest BCUT2D eigenvalue weighted by Gasteiger charge is -2.26. The maximum Gasteiger partial charge on any atom is 0.119 e. The zero-order chi connectivity index (χ0) is 15.4. The normalized spacial score (nSPS) is 21.5. The largest absolute Gasteiger partial charge is 0.493 e. The third-order valence-corrected chi connectivity index (χ3v) is 5.28. The van der Waals surface area contributed by atoms with Crippen molar-refractivity contribution in [2.75, 3.05) is 6.61 Å². The fourth-order valence-corrected chi connectivity index (χ4v) is 3.69. The van der Waals surface area contributed by atoms with E-state index in [1.165, 1.54) is 40.4 Å². The Bertz CT molecular complexity index is 615. The Balaban J connectivity index is 1.64. The van der Waals surface area contributed by atoms with Crippen molar-refractivity contribution in [3.63, 3.8) is 0 Å². The van der Waals surface area contributed by atoms with E-state index in [9.17, 15) is 0 Å². The van der Waals surface area contributed by atoms with Gasteiger partial charge >= 0.3 is 0 Å². The van der Waals surface area contributed by atoms with Crippen LogP contribution in [-0.2, 0) is 0 Å². The average molecular weight is 406 g/mol. The van der Waals surface area contributed by atoms with Crippen molar-refractivity contribution in [3.8, 4) is 16.9 Å². The molecule has 0 N–H and O–H groups in total. The summed E-state index contributed by atoms with van der Waals surface area (Å²) in [5.74, 6) is 2.63. The number of ether oxygens (including phenoxy) is 1. The number of benzene rings is 2. The van der Waals surface area contributed by atoms with Gasteiger partial charge in [0, 0.05) is 3.57 Å². The number of halogens is 1. The van der Waals surface area contributed by atoms with E-state index < -0.39 is 0 Å². The minimum absolute atomic E-state index is 0.734. The summed E-state index contributed by atoms with van der Waals surface area (Å²) in [5, 5.41) is 0. The molecule has 0 aromatic heterocycles. The maximum absolute atomic E-state index is 6.07. The molecule has 0 saturated heterocycles. The molecule has 0 spiro atoms. The van der Waals surface area contributed by atoms with Gasteiger partial charge in [0.2, 0.25) is 0 Å². The molecule has 1 saturated carbocycles. The quantitative estimate of drug-likeness (QED) is 0.553. The predicted molar refractivity (Wildman–Crippen MR) is 101 cm³/mol. The van der Waals surface area contributed by atoms with Crippen LogP contribution in [0.4, 0.5) is 0 Å². The molecule has 22 heavy (non-hydrogen) atoms. The standard InChI is InChI=1S/C20H23IO/c1-15-8-10-16(11-9-15)14-22-20-7-3-5-18(13-20)17-4-2-6-19(21)12-17/h2-7,12-13,15-16H,8-11,14H2,1H3/t15-,16-. The van der Waals surface area contributed by atoms with E-state index in [1.54, 1.807) is 0 Å². The zero-order valence-electron chi connectivity index (χ0n) is 13.1. The van der Waals surface area contributed by atoms with E-state index in [2.05, 4.69) is 78.0 Å². The molecule has 0 unspecified atom stereocenters. The fourth-order valence-electron chi connectivity index (χ4n) is 3.14. The minimum atomic E-state index is 0.734. The summed E-state index contributed by atoms with van der Waals surface area (Å²) in [5.41, 5.74) is 2.48. The van der Waals surface area contributed by atoms with Crippen LogP contribution in [0.25, 0.3) is 11.1 Å². The second-order valence-electron chi connectivity index (χ2n) is 6.48. The molecule has 1 aliphatic carbocycles. The molecule has 116 valence electrons. The van der Waals surface area contributed by atoms with E-state index in [0.29, 0.717) is 0 Å². The van der Waals surface area contributed by atoms with E-state index in [4.69, 9.17) is 4.74 Å². The first-order chi connectivity index (χ1) is 10.7. The van der Waals surface area contributed by atoms with Crippen LogP contribution in [0.5, 0.6) is 5.75 Å². The Labute approximate surface area is 147 Å². The molecule has 2 aromatic rings. The van der Waals surface area contributed by atoms with Crippen molar-refractivity contribution in [2.24, 2.45) is 11.8 Å². The van der Waals surface area contributed by atoms with Crippen LogP contribution in [-0.4, -0.2) is 6.61 Å². The predicted octanol–water partition coefficient (Wildman–Crippen LogP) is 6.16. The van der Waals surface area contributed by atoms with E-state index in [1.807, 2.05) is 0 Å². The van der Waals surface area contributed by atoms with Crippen LogP contribution in [0.3, 0.4) is 0 Å². The molecule has 0 radical (unpaired) electrons. The highest BCUT2D eigenvalue weighted by atomic mass is 127. The van der Waals surface area contributed by atoms with Crippen LogP contribution in [0.1, 0.15) is 32.6 Å². The molecule has 1 nitrogen and oxygen atoms in total. The van der Waals surface area contributed by atoms with Crippen LogP contribution < -0.4 is 4.74 Å². The molecule has 0 atom stereocenters. The molecule has 2 aromatic carbocycles. The summed E-state index contributed by atoms with van der Waals surface area (Å²) < 4.78 is 7.33. The van der Waals surface area contributed by atoms with E-state index >= 15 is 0 Å². The van der Waals surface area contributed by atoms with Gasteiger partial charge in [-0.2, -0.15) is 0 Å². The van der Waals surface area contributed by atoms with Crippen molar-refractivity contribution < 1.29 is 4.74 Å². The Morgan fingerprint density at radius 3 is 2.36 bits per heavy atom. The van der Waals surface area contributed by atoms with Crippen molar-refractivity contribution in [1.82, 2.24) is 0 Å². The van der Waals surface area contributed by atoms with Crippen molar-refractivity contribution in [3.05, 3.63) is 52.1 Å². The molecule has 3 rings (SSSR count). The minimum Gasteiger partial charge on any atom is -0.493 e. The van der Waals surface area contributed by atoms with E-state index in [-0.39, 0.29) is 0 Å². The molecule has 0 amide bonds. The first-order valence-corrected chi connectivity index (χ1v) is 9.27. The molecular weight excluding hydrogens is 383 g/mol. The molecule has 1 aliphatic rings. The van der Waals surface area contributed by atoms with Gasteiger partial charge in [-0.15, -0.1) is 0 Å². The highest BCUT2D eigenvalue weighted by molar-refractivity contribution is 14.1. The van der Waals surface area contributed by atoms with Gasteiger partial charge in [0.1, 0.15) is 5.75 Å². The van der Waals surface area contributed by atoms with Gasteiger partial charge in [0.05, 0.1) is 6.61 Å². The second-order valence-corrected chi connectivity index (χ2v) is 7.72. The van der Waals surface area contributed by atoms with Crippen molar-refractivity contribution in [2.45, 2.75) is 32.6 Å². The van der Waals surface area contributed by atoms with Crippen LogP contribution in [0.15, 0.2) is 48.5 Å². The molecule has 0 aliphatic heterocycles. The Hall–Kier alpha value is -1.03. The number of rotatable bonds is 4. The summed E-state index contributed by atoms with van der Waals surface area (Å²) in [6, 6.07) is 17.1. The third-order valence-electron chi connectivity index (χ3n) is 4.61. The molecule has 2 heteroatoms. The smallest absolute Gasteiger partial charge is 0.119 e. The van der Waals surface area contributed by atoms with Crippen LogP contribution >= 0.6 is 22.6 Å². The number of hydrogen-bond donors (Lipinski definition) is 0. The number of hydrogen-bond acceptors (Lipinski definition) is 1. The third kappa shape index (κ3) is 4.25. The summed E-state index contributed by atoms with van der Waals surface area (Å²) in [7, 11) is 0. The molecular formula is C20H23IO. The lowest BCUT2D eigenvalue weighted by molar-refractivity contribution is 0.188. The van der Waals surface area contributed by atoms with Crippen LogP contribution in [0, 0.1) is 15.4 Å². The van der Waals surface area contributed by atoms with Gasteiger partial charge in [0.15, 0.2) is 0 Å². The average Bonchev–Trinajstić information content (AvgIpc) is 2.55. The van der Waals surface area contributed by atoms with Gasteiger partial charge in [-0.1, -0.05) is 44.0 Å². The summed E-state index contributed by atoms with van der Waals surface area (Å²) in [4.78, 5) is 0. The SMILES string of the molecule is C[C@H]1CC[C@H](COc2cccc(-c3cccc(I)c3)c2)CC1. The molecule has 1 fully saturated rings. The lowest BCUT2D eigenvalue weighted by atomic mass is 9.83. The topological polar surface area (TPSA) is 9.23 Å². The fraction of sp³-hybridized carbons (Fsp3) is 0.400. The monoisotopic (exact) mass is 406 g/mol. The van der Waals surface area contributed by atoms with Gasteiger partial charge < -0.3 is 4.74 Å². The molecule has 0 bridgehead atoms. The van der Waals surface area contributed by atoms with Crippen molar-refractivity contribution in [1.29, 1.82) is 0 Å². The van der Waals surface area contributed by atoms with Gasteiger partial charge in [0.25, 0.3) is 0 Å². The molecule has 0 heterocycles. The Kier molecular flexibility index (Phi) is 5.40. The first kappa shape index (κ1) is 15.9. The summed E-state index contributed by atoms with van der Waals surface area (Å²) in [6.07, 6.45) is 5.35. The Morgan fingerprint density at radius 1 is 0.955 bits per heavy atom. The van der Waals surface area contributed by atoms with Gasteiger partial charge in [-0.25, -0.2) is 0 Å². The first-order valence-electron chi connectivity index (χ1n) is 8.19. The zero-order valence-corrected chi connectivity index (χ0v) is 15.3. The van der Waals surface area contributed by atoms with Gasteiger partial charge in [-0.05, 0) is 82.7 Å². The second kappa shape index (κ2) is 7.49. The highest BCUT2D eigenvalue weighted by Crippen LogP contribution is 2.30. The van der Waals surface area contributed by atoms with Gasteiger partial charge in [-0.3, -0.25) is 0 Å². The lowest BCUT2D eigenvalue weighted by Crippen LogP contribution is -2.18. The van der Waals surface area contributed by atoms with E-state index in [0.717, 1.165) is 24.2 Å². The Morgan fingerprint density at radius 2 is 1.64 bits per heavy atom. The van der Waals surface area contributed by atoms with Crippen LogP contribution in [0.2, 0.25) is 0 Å². The summed E-state index contributed by atoms with van der Waals surface area (Å²) >= 11 is 2.36. The summed E-state index contributed by atoms with van der Waals surface area (Å²) in [6.45, 7) is 3.23. The van der Waals surface area contributed by atoms with Crippen molar-refractivity contribution >= 4 is 22.6 Å². The highest BCUT2D eigenvalue weighted by Gasteiger charge is 2.18.